The summed E-state index contributed by atoms with van der Waals surface area (Å²) in [6, 6.07) is 17.6. The van der Waals surface area contributed by atoms with Crippen molar-refractivity contribution in [3.8, 4) is 17.1 Å². The van der Waals surface area contributed by atoms with Gasteiger partial charge in [0.15, 0.2) is 11.5 Å². The van der Waals surface area contributed by atoms with E-state index in [1.807, 2.05) is 65.5 Å². The topological polar surface area (TPSA) is 78.9 Å². The molecule has 0 spiro atoms. The van der Waals surface area contributed by atoms with Crippen LogP contribution in [0.5, 0.6) is 5.75 Å². The highest BCUT2D eigenvalue weighted by Gasteiger charge is 2.12. The van der Waals surface area contributed by atoms with E-state index in [1.165, 1.54) is 0 Å². The van der Waals surface area contributed by atoms with Crippen LogP contribution in [-0.2, 0) is 6.54 Å². The molecule has 0 fully saturated rings. The van der Waals surface area contributed by atoms with E-state index in [0.29, 0.717) is 23.8 Å². The second kappa shape index (κ2) is 6.24. The molecule has 0 radical (unpaired) electrons. The van der Waals surface area contributed by atoms with Crippen molar-refractivity contribution in [2.45, 2.75) is 6.54 Å². The highest BCUT2D eigenvalue weighted by Crippen LogP contribution is 2.24. The Labute approximate surface area is 144 Å². The van der Waals surface area contributed by atoms with E-state index in [2.05, 4.69) is 15.1 Å². The number of rotatable bonds is 4. The van der Waals surface area contributed by atoms with Crippen molar-refractivity contribution >= 4 is 16.9 Å². The Bertz CT molecular complexity index is 1030. The van der Waals surface area contributed by atoms with Crippen LogP contribution < -0.4 is 10.5 Å². The van der Waals surface area contributed by atoms with E-state index in [1.54, 1.807) is 7.11 Å². The molecule has 0 aliphatic rings. The van der Waals surface area contributed by atoms with Gasteiger partial charge >= 0.3 is 0 Å². The zero-order valence-electron chi connectivity index (χ0n) is 13.8. The van der Waals surface area contributed by atoms with Crippen molar-refractivity contribution in [3.63, 3.8) is 0 Å². The molecule has 0 atom stereocenters. The van der Waals surface area contributed by atoms with Crippen LogP contribution in [0.15, 0.2) is 60.8 Å². The number of anilines is 1. The first kappa shape index (κ1) is 15.1. The third-order valence-corrected chi connectivity index (χ3v) is 4.01. The maximum absolute atomic E-state index is 6.13. The van der Waals surface area contributed by atoms with Crippen molar-refractivity contribution < 1.29 is 4.74 Å². The summed E-state index contributed by atoms with van der Waals surface area (Å²) in [4.78, 5) is 8.97. The van der Waals surface area contributed by atoms with Gasteiger partial charge in [0.1, 0.15) is 11.6 Å². The van der Waals surface area contributed by atoms with Crippen LogP contribution >= 0.6 is 0 Å². The van der Waals surface area contributed by atoms with Gasteiger partial charge in [-0.1, -0.05) is 48.5 Å². The van der Waals surface area contributed by atoms with Gasteiger partial charge in [0.25, 0.3) is 0 Å². The summed E-state index contributed by atoms with van der Waals surface area (Å²) in [5, 5.41) is 5.31. The van der Waals surface area contributed by atoms with Crippen LogP contribution in [0.4, 0.5) is 5.82 Å². The average Bonchev–Trinajstić information content (AvgIpc) is 3.06. The smallest absolute Gasteiger partial charge is 0.186 e. The first-order valence-electron chi connectivity index (χ1n) is 7.92. The highest BCUT2D eigenvalue weighted by atomic mass is 16.5. The first-order valence-corrected chi connectivity index (χ1v) is 7.92. The van der Waals surface area contributed by atoms with Gasteiger partial charge in [0, 0.05) is 17.3 Å². The molecule has 0 aliphatic carbocycles. The minimum Gasteiger partial charge on any atom is -0.496 e. The van der Waals surface area contributed by atoms with Crippen LogP contribution in [0.2, 0.25) is 0 Å². The molecule has 6 nitrogen and oxygen atoms in total. The number of nitrogens with zero attached hydrogens (tertiary/aromatic N) is 4. The number of para-hydroxylation sites is 1. The lowest BCUT2D eigenvalue weighted by atomic mass is 10.2. The lowest BCUT2D eigenvalue weighted by Crippen LogP contribution is -2.02. The molecule has 0 saturated heterocycles. The summed E-state index contributed by atoms with van der Waals surface area (Å²) in [6.45, 7) is 0.570. The molecule has 2 heterocycles. The third kappa shape index (κ3) is 2.89. The quantitative estimate of drug-likeness (QED) is 0.621. The fourth-order valence-corrected chi connectivity index (χ4v) is 2.78. The molecule has 0 bridgehead atoms. The number of methoxy groups -OCH3 is 1. The predicted molar refractivity (Wildman–Crippen MR) is 97.3 cm³/mol. The molecular weight excluding hydrogens is 314 g/mol. The number of nitrogen functional groups attached to an aromatic ring is 1. The minimum atomic E-state index is 0.426. The summed E-state index contributed by atoms with van der Waals surface area (Å²) in [5.41, 5.74) is 8.66. The number of nitrogens with two attached hydrogens (primary N) is 1. The lowest BCUT2D eigenvalue weighted by molar-refractivity contribution is 0.407. The van der Waals surface area contributed by atoms with Gasteiger partial charge in [-0.2, -0.15) is 5.10 Å². The molecule has 0 unspecified atom stereocenters. The van der Waals surface area contributed by atoms with Gasteiger partial charge in [-0.05, 0) is 6.07 Å². The summed E-state index contributed by atoms with van der Waals surface area (Å²) in [7, 11) is 1.66. The predicted octanol–water partition coefficient (Wildman–Crippen LogP) is 3.13. The van der Waals surface area contributed by atoms with Gasteiger partial charge < -0.3 is 10.5 Å². The molecule has 2 N–H and O–H groups in total. The normalized spacial score (nSPS) is 10.9. The van der Waals surface area contributed by atoms with Gasteiger partial charge in [0.05, 0.1) is 19.0 Å². The monoisotopic (exact) mass is 331 g/mol. The standard InChI is InChI=1S/C19H17N5O/c1-25-16-10-6-5-9-14(16)11-24-12-15-17(20)21-18(22-19(15)23-24)13-7-3-2-4-8-13/h2-10,12H,11H2,1H3,(H2,20,21,22,23). The van der Waals surface area contributed by atoms with Crippen molar-refractivity contribution in [1.82, 2.24) is 19.7 Å². The largest absolute Gasteiger partial charge is 0.496 e. The third-order valence-electron chi connectivity index (χ3n) is 4.01. The van der Waals surface area contributed by atoms with Crippen molar-refractivity contribution in [2.75, 3.05) is 12.8 Å². The number of ether oxygens (including phenoxy) is 1. The second-order valence-electron chi connectivity index (χ2n) is 5.67. The molecule has 2 aromatic carbocycles. The van der Waals surface area contributed by atoms with Crippen LogP contribution in [0.3, 0.4) is 0 Å². The van der Waals surface area contributed by atoms with Crippen molar-refractivity contribution in [3.05, 3.63) is 66.4 Å². The zero-order chi connectivity index (χ0) is 17.2. The number of fused-ring (bicyclic) bond motifs is 1. The molecule has 124 valence electrons. The number of benzene rings is 2. The molecular formula is C19H17N5O. The van der Waals surface area contributed by atoms with Gasteiger partial charge in [-0.3, -0.25) is 4.68 Å². The maximum atomic E-state index is 6.13. The van der Waals surface area contributed by atoms with Crippen LogP contribution in [0, 0.1) is 0 Å². The molecule has 0 aliphatic heterocycles. The molecule has 25 heavy (non-hydrogen) atoms. The Kier molecular flexibility index (Phi) is 3.78. The molecule has 4 aromatic rings. The SMILES string of the molecule is COc1ccccc1Cn1cc2c(N)nc(-c3ccccc3)nc2n1. The second-order valence-corrected chi connectivity index (χ2v) is 5.67. The zero-order valence-corrected chi connectivity index (χ0v) is 13.8. The number of hydrogen-bond donors (Lipinski definition) is 1. The van der Waals surface area contributed by atoms with Gasteiger partial charge in [0.2, 0.25) is 0 Å². The fraction of sp³-hybridized carbons (Fsp3) is 0.105. The number of aromatic nitrogens is 4. The number of hydrogen-bond acceptors (Lipinski definition) is 5. The lowest BCUT2D eigenvalue weighted by Gasteiger charge is -2.07. The Morgan fingerprint density at radius 1 is 1.00 bits per heavy atom. The Morgan fingerprint density at radius 2 is 1.76 bits per heavy atom. The fourth-order valence-electron chi connectivity index (χ4n) is 2.78. The van der Waals surface area contributed by atoms with Gasteiger partial charge in [-0.25, -0.2) is 9.97 Å². The van der Waals surface area contributed by atoms with E-state index in [9.17, 15) is 0 Å². The van der Waals surface area contributed by atoms with Crippen LogP contribution in [0.25, 0.3) is 22.4 Å². The van der Waals surface area contributed by atoms with Gasteiger partial charge in [-0.15, -0.1) is 0 Å². The molecule has 0 amide bonds. The van der Waals surface area contributed by atoms with E-state index in [4.69, 9.17) is 10.5 Å². The first-order chi connectivity index (χ1) is 12.2. The van der Waals surface area contributed by atoms with Crippen LogP contribution in [-0.4, -0.2) is 26.9 Å². The highest BCUT2D eigenvalue weighted by molar-refractivity contribution is 5.86. The van der Waals surface area contributed by atoms with E-state index < -0.39 is 0 Å². The molecule has 6 heteroatoms. The Morgan fingerprint density at radius 3 is 2.56 bits per heavy atom. The van der Waals surface area contributed by atoms with E-state index in [-0.39, 0.29) is 0 Å². The van der Waals surface area contributed by atoms with Crippen LogP contribution in [0.1, 0.15) is 5.56 Å². The van der Waals surface area contributed by atoms with E-state index >= 15 is 0 Å². The average molecular weight is 331 g/mol. The summed E-state index contributed by atoms with van der Waals surface area (Å²) in [6.07, 6.45) is 1.87. The van der Waals surface area contributed by atoms with E-state index in [0.717, 1.165) is 22.3 Å². The van der Waals surface area contributed by atoms with Crippen molar-refractivity contribution in [1.29, 1.82) is 0 Å². The minimum absolute atomic E-state index is 0.426. The molecule has 2 aromatic heterocycles. The molecule has 0 saturated carbocycles. The maximum Gasteiger partial charge on any atom is 0.186 e. The summed E-state index contributed by atoms with van der Waals surface area (Å²) >= 11 is 0. The Balaban J connectivity index is 1.74. The molecule has 4 rings (SSSR count). The van der Waals surface area contributed by atoms with Crippen molar-refractivity contribution in [2.24, 2.45) is 0 Å². The summed E-state index contributed by atoms with van der Waals surface area (Å²) in [5.74, 6) is 1.83. The Hall–Kier alpha value is -3.41. The summed E-state index contributed by atoms with van der Waals surface area (Å²) < 4.78 is 7.21.